The second-order valence-corrected chi connectivity index (χ2v) is 8.30. The molecular formula is C16H28O4S2. The summed E-state index contributed by atoms with van der Waals surface area (Å²) in [7, 11) is 2.87. The van der Waals surface area contributed by atoms with Crippen molar-refractivity contribution in [1.82, 2.24) is 0 Å². The average Bonchev–Trinajstić information content (AvgIpc) is 2.53. The van der Waals surface area contributed by atoms with E-state index in [1.165, 1.54) is 27.1 Å². The first-order valence-electron chi connectivity index (χ1n) is 7.80. The van der Waals surface area contributed by atoms with Crippen LogP contribution in [0.1, 0.15) is 33.1 Å². The molecule has 1 rings (SSSR count). The minimum absolute atomic E-state index is 0.138. The van der Waals surface area contributed by atoms with Crippen LogP contribution in [0.15, 0.2) is 0 Å². The third-order valence-corrected chi connectivity index (χ3v) is 7.13. The van der Waals surface area contributed by atoms with Crippen LogP contribution in [-0.4, -0.2) is 48.7 Å². The summed E-state index contributed by atoms with van der Waals surface area (Å²) in [6, 6.07) is 0. The Morgan fingerprint density at radius 3 is 2.41 bits per heavy atom. The van der Waals surface area contributed by atoms with Gasteiger partial charge in [-0.3, -0.25) is 9.59 Å². The normalized spacial score (nSPS) is 26.3. The summed E-state index contributed by atoms with van der Waals surface area (Å²) in [5.41, 5.74) is 0. The van der Waals surface area contributed by atoms with Crippen LogP contribution in [0.2, 0.25) is 0 Å². The zero-order valence-electron chi connectivity index (χ0n) is 14.0. The van der Waals surface area contributed by atoms with Crippen molar-refractivity contribution in [3.05, 3.63) is 0 Å². The maximum atomic E-state index is 11.3. The van der Waals surface area contributed by atoms with Gasteiger partial charge in [-0.15, -0.1) is 23.5 Å². The largest absolute Gasteiger partial charge is 0.468 e. The Morgan fingerprint density at radius 1 is 1.14 bits per heavy atom. The van der Waals surface area contributed by atoms with Gasteiger partial charge in [0.05, 0.1) is 25.7 Å². The molecule has 1 saturated carbocycles. The van der Waals surface area contributed by atoms with Gasteiger partial charge in [-0.25, -0.2) is 0 Å². The van der Waals surface area contributed by atoms with Crippen LogP contribution < -0.4 is 0 Å². The molecule has 128 valence electrons. The van der Waals surface area contributed by atoms with Gasteiger partial charge in [-0.2, -0.15) is 0 Å². The quantitative estimate of drug-likeness (QED) is 0.628. The van der Waals surface area contributed by atoms with Gasteiger partial charge in [0.1, 0.15) is 0 Å². The summed E-state index contributed by atoms with van der Waals surface area (Å²) in [4.78, 5) is 22.5. The Hall–Kier alpha value is -0.360. The second-order valence-electron chi connectivity index (χ2n) is 6.04. The predicted molar refractivity (Wildman–Crippen MR) is 93.3 cm³/mol. The SMILES string of the molecule is COC(=O)CSCC(C)C1CCC(C)C(SCC(=O)OC)C1. The molecule has 6 heteroatoms. The van der Waals surface area contributed by atoms with Crippen molar-refractivity contribution in [2.45, 2.75) is 38.4 Å². The van der Waals surface area contributed by atoms with Gasteiger partial charge in [0.15, 0.2) is 0 Å². The van der Waals surface area contributed by atoms with Crippen LogP contribution in [-0.2, 0) is 19.1 Å². The monoisotopic (exact) mass is 348 g/mol. The maximum Gasteiger partial charge on any atom is 0.315 e. The van der Waals surface area contributed by atoms with Crippen molar-refractivity contribution in [2.24, 2.45) is 17.8 Å². The number of hydrogen-bond donors (Lipinski definition) is 0. The highest BCUT2D eigenvalue weighted by Crippen LogP contribution is 2.40. The van der Waals surface area contributed by atoms with Gasteiger partial charge in [-0.1, -0.05) is 13.8 Å². The molecule has 0 saturated heterocycles. The zero-order valence-corrected chi connectivity index (χ0v) is 15.6. The van der Waals surface area contributed by atoms with Crippen LogP contribution in [0.4, 0.5) is 0 Å². The fourth-order valence-corrected chi connectivity index (χ4v) is 5.18. The zero-order chi connectivity index (χ0) is 16.5. The Morgan fingerprint density at radius 2 is 1.77 bits per heavy atom. The van der Waals surface area contributed by atoms with E-state index in [4.69, 9.17) is 4.74 Å². The first-order valence-corrected chi connectivity index (χ1v) is 10.0. The fourth-order valence-electron chi connectivity index (χ4n) is 2.82. The molecule has 0 aromatic heterocycles. The van der Waals surface area contributed by atoms with E-state index in [0.29, 0.717) is 34.5 Å². The molecule has 4 unspecified atom stereocenters. The summed E-state index contributed by atoms with van der Waals surface area (Å²) < 4.78 is 9.40. The Balaban J connectivity index is 2.37. The number of rotatable bonds is 8. The second kappa shape index (κ2) is 10.4. The first kappa shape index (κ1) is 19.7. The van der Waals surface area contributed by atoms with E-state index in [2.05, 4.69) is 18.6 Å². The van der Waals surface area contributed by atoms with Gasteiger partial charge in [0, 0.05) is 5.25 Å². The van der Waals surface area contributed by atoms with Gasteiger partial charge < -0.3 is 9.47 Å². The lowest BCUT2D eigenvalue weighted by Crippen LogP contribution is -2.30. The molecule has 0 radical (unpaired) electrons. The highest BCUT2D eigenvalue weighted by Gasteiger charge is 2.31. The molecule has 0 bridgehead atoms. The van der Waals surface area contributed by atoms with Crippen LogP contribution >= 0.6 is 23.5 Å². The van der Waals surface area contributed by atoms with Crippen molar-refractivity contribution in [3.63, 3.8) is 0 Å². The van der Waals surface area contributed by atoms with Crippen molar-refractivity contribution < 1.29 is 19.1 Å². The number of carbonyl (C=O) groups excluding carboxylic acids is 2. The van der Waals surface area contributed by atoms with E-state index >= 15 is 0 Å². The molecule has 4 nitrogen and oxygen atoms in total. The Labute approximate surface area is 142 Å². The van der Waals surface area contributed by atoms with Crippen LogP contribution in [0.25, 0.3) is 0 Å². The molecule has 0 amide bonds. The first-order chi connectivity index (χ1) is 10.5. The van der Waals surface area contributed by atoms with Gasteiger partial charge >= 0.3 is 11.9 Å². The lowest BCUT2D eigenvalue weighted by molar-refractivity contribution is -0.138. The van der Waals surface area contributed by atoms with E-state index in [9.17, 15) is 9.59 Å². The van der Waals surface area contributed by atoms with Gasteiger partial charge in [0.25, 0.3) is 0 Å². The molecule has 0 aromatic rings. The number of hydrogen-bond acceptors (Lipinski definition) is 6. The van der Waals surface area contributed by atoms with Crippen molar-refractivity contribution in [1.29, 1.82) is 0 Å². The van der Waals surface area contributed by atoms with Crippen molar-refractivity contribution in [2.75, 3.05) is 31.5 Å². The molecule has 1 fully saturated rings. The van der Waals surface area contributed by atoms with Crippen LogP contribution in [0.5, 0.6) is 0 Å². The lowest BCUT2D eigenvalue weighted by Gasteiger charge is -2.36. The van der Waals surface area contributed by atoms with E-state index in [1.807, 2.05) is 0 Å². The van der Waals surface area contributed by atoms with E-state index < -0.39 is 0 Å². The number of esters is 2. The topological polar surface area (TPSA) is 52.6 Å². The molecule has 1 aliphatic carbocycles. The van der Waals surface area contributed by atoms with Gasteiger partial charge in [-0.05, 0) is 42.8 Å². The Kier molecular flexibility index (Phi) is 9.33. The number of carbonyl (C=O) groups is 2. The minimum atomic E-state index is -0.152. The molecule has 0 spiro atoms. The summed E-state index contributed by atoms with van der Waals surface area (Å²) in [6.07, 6.45) is 3.62. The molecule has 4 atom stereocenters. The Bertz CT molecular complexity index is 362. The lowest BCUT2D eigenvalue weighted by atomic mass is 9.77. The predicted octanol–water partition coefficient (Wildman–Crippen LogP) is 3.24. The molecule has 0 aliphatic heterocycles. The van der Waals surface area contributed by atoms with E-state index in [1.54, 1.807) is 23.5 Å². The summed E-state index contributed by atoms with van der Waals surface area (Å²) in [5.74, 6) is 3.50. The molecule has 1 aliphatic rings. The number of thioether (sulfide) groups is 2. The van der Waals surface area contributed by atoms with Gasteiger partial charge in [0.2, 0.25) is 0 Å². The standard InChI is InChI=1S/C16H28O4S2/c1-11-5-6-13(7-14(11)22-10-16(18)20-4)12(2)8-21-9-15(17)19-3/h11-14H,5-10H2,1-4H3. The van der Waals surface area contributed by atoms with Crippen molar-refractivity contribution >= 4 is 35.5 Å². The smallest absolute Gasteiger partial charge is 0.315 e. The highest BCUT2D eigenvalue weighted by atomic mass is 32.2. The third kappa shape index (κ3) is 6.82. The average molecular weight is 349 g/mol. The highest BCUT2D eigenvalue weighted by molar-refractivity contribution is 8.00. The summed E-state index contributed by atoms with van der Waals surface area (Å²) in [6.45, 7) is 4.55. The summed E-state index contributed by atoms with van der Waals surface area (Å²) >= 11 is 3.39. The van der Waals surface area contributed by atoms with Crippen LogP contribution in [0, 0.1) is 17.8 Å². The van der Waals surface area contributed by atoms with Crippen LogP contribution in [0.3, 0.4) is 0 Å². The summed E-state index contributed by atoms with van der Waals surface area (Å²) in [5, 5.41) is 0.533. The molecule has 22 heavy (non-hydrogen) atoms. The molecule has 0 aromatic carbocycles. The number of ether oxygens (including phenoxy) is 2. The maximum absolute atomic E-state index is 11.3. The fraction of sp³-hybridized carbons (Fsp3) is 0.875. The van der Waals surface area contributed by atoms with E-state index in [-0.39, 0.29) is 11.9 Å². The molecule has 0 heterocycles. The number of methoxy groups -OCH3 is 2. The third-order valence-electron chi connectivity index (χ3n) is 4.44. The molecule has 0 N–H and O–H groups in total. The minimum Gasteiger partial charge on any atom is -0.468 e. The van der Waals surface area contributed by atoms with Crippen molar-refractivity contribution in [3.8, 4) is 0 Å². The van der Waals surface area contributed by atoms with E-state index in [0.717, 1.165) is 12.2 Å². The molecular weight excluding hydrogens is 320 g/mol.